The lowest BCUT2D eigenvalue weighted by molar-refractivity contribution is -0.123. The third-order valence-corrected chi connectivity index (χ3v) is 5.42. The Labute approximate surface area is 151 Å². The maximum Gasteiger partial charge on any atom is 0.257 e. The first-order valence-corrected chi connectivity index (χ1v) is 9.14. The Bertz CT molecular complexity index is 730. The topological polar surface area (TPSA) is 41.6 Å². The molecule has 0 aliphatic heterocycles. The summed E-state index contributed by atoms with van der Waals surface area (Å²) in [5.74, 6) is 0.595. The summed E-state index contributed by atoms with van der Waals surface area (Å²) in [6, 6.07) is 13.0. The van der Waals surface area contributed by atoms with Gasteiger partial charge in [0.25, 0.3) is 5.91 Å². The van der Waals surface area contributed by atoms with E-state index in [2.05, 4.69) is 40.1 Å². The van der Waals surface area contributed by atoms with Crippen molar-refractivity contribution >= 4 is 32.6 Å². The van der Waals surface area contributed by atoms with E-state index in [9.17, 15) is 4.79 Å². The molecule has 0 aromatic heterocycles. The number of likely N-dealkylation sites (N-methyl/N-ethyl adjacent to an activating group) is 1. The molecule has 0 radical (unpaired) electrons. The Kier molecular flexibility index (Phi) is 5.41. The van der Waals surface area contributed by atoms with E-state index in [4.69, 9.17) is 4.74 Å². The first-order chi connectivity index (χ1) is 11.6. The number of rotatable bonds is 7. The quantitative estimate of drug-likeness (QED) is 0.785. The molecule has 1 atom stereocenters. The second kappa shape index (κ2) is 7.53. The third-order valence-electron chi connectivity index (χ3n) is 4.60. The largest absolute Gasteiger partial charge is 0.483 e. The number of ether oxygens (including phenoxy) is 1. The van der Waals surface area contributed by atoms with Crippen molar-refractivity contribution in [2.24, 2.45) is 0 Å². The molecular weight excluding hydrogens is 368 g/mol. The third kappa shape index (κ3) is 4.08. The predicted octanol–water partition coefficient (Wildman–Crippen LogP) is 3.58. The van der Waals surface area contributed by atoms with Gasteiger partial charge in [0, 0.05) is 18.6 Å². The van der Waals surface area contributed by atoms with Crippen molar-refractivity contribution in [3.05, 3.63) is 40.9 Å². The molecule has 0 heterocycles. The molecule has 1 amide bonds. The van der Waals surface area contributed by atoms with Crippen LogP contribution in [0.5, 0.6) is 5.75 Å². The summed E-state index contributed by atoms with van der Waals surface area (Å²) >= 11 is 3.57. The van der Waals surface area contributed by atoms with Crippen LogP contribution in [0.1, 0.15) is 19.8 Å². The summed E-state index contributed by atoms with van der Waals surface area (Å²) in [6.07, 6.45) is 2.54. The van der Waals surface area contributed by atoms with Gasteiger partial charge in [-0.25, -0.2) is 0 Å². The highest BCUT2D eigenvalue weighted by Crippen LogP contribution is 2.33. The first kappa shape index (κ1) is 17.2. The van der Waals surface area contributed by atoms with Crippen molar-refractivity contribution in [3.8, 4) is 5.75 Å². The van der Waals surface area contributed by atoms with Crippen molar-refractivity contribution < 1.29 is 9.53 Å². The van der Waals surface area contributed by atoms with Gasteiger partial charge in [-0.15, -0.1) is 0 Å². The number of carbonyl (C=O) groups is 1. The molecular formula is C19H23BrN2O2. The molecule has 0 spiro atoms. The van der Waals surface area contributed by atoms with Crippen LogP contribution in [-0.4, -0.2) is 43.1 Å². The zero-order valence-electron chi connectivity index (χ0n) is 14.1. The van der Waals surface area contributed by atoms with E-state index >= 15 is 0 Å². The molecule has 1 N–H and O–H groups in total. The highest BCUT2D eigenvalue weighted by molar-refractivity contribution is 9.10. The Hall–Kier alpha value is -1.59. The Morgan fingerprint density at radius 2 is 2.08 bits per heavy atom. The second-order valence-corrected chi connectivity index (χ2v) is 7.23. The molecule has 0 bridgehead atoms. The number of nitrogens with one attached hydrogen (secondary N) is 1. The average molecular weight is 391 g/mol. The Morgan fingerprint density at radius 3 is 2.83 bits per heavy atom. The summed E-state index contributed by atoms with van der Waals surface area (Å²) in [7, 11) is 2.12. The van der Waals surface area contributed by atoms with E-state index in [1.54, 1.807) is 0 Å². The smallest absolute Gasteiger partial charge is 0.257 e. The van der Waals surface area contributed by atoms with E-state index in [0.717, 1.165) is 15.2 Å². The van der Waals surface area contributed by atoms with Gasteiger partial charge in [0.2, 0.25) is 0 Å². The Morgan fingerprint density at radius 1 is 1.33 bits per heavy atom. The van der Waals surface area contributed by atoms with Crippen LogP contribution in [0.15, 0.2) is 40.9 Å². The van der Waals surface area contributed by atoms with Crippen molar-refractivity contribution in [2.45, 2.75) is 31.8 Å². The molecule has 2 aromatic carbocycles. The number of nitrogens with zero attached hydrogens (tertiary/aromatic N) is 1. The first-order valence-electron chi connectivity index (χ1n) is 8.35. The molecule has 24 heavy (non-hydrogen) atoms. The minimum Gasteiger partial charge on any atom is -0.483 e. The minimum atomic E-state index is -0.0916. The number of carbonyl (C=O) groups excluding carboxylic acids is 1. The van der Waals surface area contributed by atoms with Crippen molar-refractivity contribution in [1.82, 2.24) is 10.2 Å². The molecule has 1 aliphatic carbocycles. The van der Waals surface area contributed by atoms with Gasteiger partial charge >= 0.3 is 0 Å². The fraction of sp³-hybridized carbons (Fsp3) is 0.421. The molecule has 1 saturated carbocycles. The lowest BCUT2D eigenvalue weighted by Crippen LogP contribution is -2.42. The monoisotopic (exact) mass is 390 g/mol. The minimum absolute atomic E-state index is 0.0246. The normalized spacial score (nSPS) is 15.5. The van der Waals surface area contributed by atoms with E-state index in [0.29, 0.717) is 24.4 Å². The molecule has 1 unspecified atom stereocenters. The van der Waals surface area contributed by atoms with Crippen LogP contribution in [0, 0.1) is 0 Å². The molecule has 5 heteroatoms. The number of fused-ring (bicyclic) bond motifs is 1. The molecule has 2 aromatic rings. The van der Waals surface area contributed by atoms with E-state index in [1.165, 1.54) is 12.8 Å². The number of halogens is 1. The average Bonchev–Trinajstić information content (AvgIpc) is 3.43. The number of amides is 1. The zero-order chi connectivity index (χ0) is 17.1. The van der Waals surface area contributed by atoms with Crippen LogP contribution in [0.4, 0.5) is 0 Å². The van der Waals surface area contributed by atoms with Crippen LogP contribution in [0.25, 0.3) is 10.8 Å². The summed E-state index contributed by atoms with van der Waals surface area (Å²) < 4.78 is 6.57. The molecule has 3 rings (SSSR count). The van der Waals surface area contributed by atoms with Crippen molar-refractivity contribution in [2.75, 3.05) is 20.2 Å². The summed E-state index contributed by atoms with van der Waals surface area (Å²) in [4.78, 5) is 14.4. The van der Waals surface area contributed by atoms with Gasteiger partial charge in [0.15, 0.2) is 6.61 Å². The molecule has 0 saturated heterocycles. The van der Waals surface area contributed by atoms with Crippen LogP contribution in [-0.2, 0) is 4.79 Å². The lowest BCUT2D eigenvalue weighted by Gasteiger charge is -2.24. The fourth-order valence-corrected chi connectivity index (χ4v) is 3.37. The fourth-order valence-electron chi connectivity index (χ4n) is 2.77. The summed E-state index contributed by atoms with van der Waals surface area (Å²) in [5, 5.41) is 5.17. The number of hydrogen-bond donors (Lipinski definition) is 1. The van der Waals surface area contributed by atoms with Gasteiger partial charge in [-0.1, -0.05) is 30.3 Å². The number of hydrogen-bond acceptors (Lipinski definition) is 3. The predicted molar refractivity (Wildman–Crippen MR) is 100 cm³/mol. The van der Waals surface area contributed by atoms with Gasteiger partial charge in [-0.05, 0) is 59.6 Å². The molecule has 1 fully saturated rings. The van der Waals surface area contributed by atoms with Gasteiger partial charge < -0.3 is 10.1 Å². The second-order valence-electron chi connectivity index (χ2n) is 6.44. The van der Waals surface area contributed by atoms with Gasteiger partial charge in [-0.3, -0.25) is 9.69 Å². The van der Waals surface area contributed by atoms with E-state index < -0.39 is 0 Å². The maximum absolute atomic E-state index is 12.0. The van der Waals surface area contributed by atoms with Crippen LogP contribution < -0.4 is 10.1 Å². The van der Waals surface area contributed by atoms with E-state index in [1.807, 2.05) is 36.4 Å². The van der Waals surface area contributed by atoms with Crippen LogP contribution in [0.3, 0.4) is 0 Å². The summed E-state index contributed by atoms with van der Waals surface area (Å²) in [6.45, 7) is 2.81. The van der Waals surface area contributed by atoms with E-state index in [-0.39, 0.29) is 12.5 Å². The number of benzene rings is 2. The standard InChI is InChI=1S/C19H23BrN2O2/c1-13(22(2)15-8-9-15)11-21-18(23)12-24-17-10-7-14-5-3-4-6-16(14)19(17)20/h3-7,10,13,15H,8-9,11-12H2,1-2H3,(H,21,23). The highest BCUT2D eigenvalue weighted by Gasteiger charge is 2.29. The Balaban J connectivity index is 1.51. The molecule has 1 aliphatic rings. The van der Waals surface area contributed by atoms with Crippen molar-refractivity contribution in [1.29, 1.82) is 0 Å². The van der Waals surface area contributed by atoms with Crippen molar-refractivity contribution in [3.63, 3.8) is 0 Å². The van der Waals surface area contributed by atoms with Crippen LogP contribution >= 0.6 is 15.9 Å². The summed E-state index contributed by atoms with van der Waals surface area (Å²) in [5.41, 5.74) is 0. The van der Waals surface area contributed by atoms with Gasteiger partial charge in [0.1, 0.15) is 5.75 Å². The maximum atomic E-state index is 12.0. The zero-order valence-corrected chi connectivity index (χ0v) is 15.7. The van der Waals surface area contributed by atoms with Crippen LogP contribution in [0.2, 0.25) is 0 Å². The van der Waals surface area contributed by atoms with Gasteiger partial charge in [-0.2, -0.15) is 0 Å². The lowest BCUT2D eigenvalue weighted by atomic mass is 10.1. The molecule has 4 nitrogen and oxygen atoms in total. The van der Waals surface area contributed by atoms with Gasteiger partial charge in [0.05, 0.1) is 4.47 Å². The highest BCUT2D eigenvalue weighted by atomic mass is 79.9. The SMILES string of the molecule is CC(CNC(=O)COc1ccc2ccccc2c1Br)N(C)C1CC1. The molecule has 128 valence electrons.